The third kappa shape index (κ3) is 159. The number of benzene rings is 1. The molecule has 0 atom stereocenters. The Kier molecular flexibility index (Phi) is 16.9. The van der Waals surface area contributed by atoms with Gasteiger partial charge in [0.2, 0.25) is 0 Å². The molecule has 0 radical (unpaired) electrons. The van der Waals surface area contributed by atoms with Crippen molar-refractivity contribution in [1.29, 1.82) is 0 Å². The topological polar surface area (TPSA) is 182 Å². The van der Waals surface area contributed by atoms with Crippen molar-refractivity contribution in [3.05, 3.63) is 36.4 Å². The molecule has 0 aromatic heterocycles. The van der Waals surface area contributed by atoms with E-state index < -0.39 is 20.2 Å². The fraction of sp³-hybridized carbons (Fsp3) is 0. The highest BCUT2D eigenvalue weighted by atomic mass is 32.5. The first-order valence-corrected chi connectivity index (χ1v) is 12.3. The minimum atomic E-state index is -3.81. The summed E-state index contributed by atoms with van der Waals surface area (Å²) in [5.74, 6) is 0. The van der Waals surface area contributed by atoms with E-state index in [9.17, 15) is 0 Å². The summed E-state index contributed by atoms with van der Waals surface area (Å²) in [5, 5.41) is 0. The van der Waals surface area contributed by atoms with Gasteiger partial charge in [-0.05, 0) is 35.4 Å². The highest BCUT2D eigenvalue weighted by Crippen LogP contribution is 2.27. The smallest absolute Gasteiger partial charge is 0.319 e. The normalized spacial score (nSPS) is 10.7. The maximum atomic E-state index is 7.56. The minimum Gasteiger partial charge on any atom is -0.325 e. The molecule has 0 aliphatic carbocycles. The van der Waals surface area contributed by atoms with E-state index in [2.05, 4.69) is 35.4 Å². The lowest BCUT2D eigenvalue weighted by Crippen LogP contribution is -1.65. The van der Waals surface area contributed by atoms with Crippen LogP contribution < -0.4 is 0 Å². The largest absolute Gasteiger partial charge is 0.325 e. The van der Waals surface area contributed by atoms with Crippen molar-refractivity contribution in [3.8, 4) is 0 Å². The van der Waals surface area contributed by atoms with Gasteiger partial charge in [-0.1, -0.05) is 36.4 Å². The molecule has 1 aromatic rings. The molecular weight excluding hydrogens is 405 g/mol. The zero-order chi connectivity index (χ0) is 17.7. The molecular formula is C6H15O9P3S3. The predicted molar refractivity (Wildman–Crippen MR) is 89.3 cm³/mol. The Morgan fingerprint density at radius 2 is 0.429 bits per heavy atom. The molecule has 9 nitrogen and oxygen atoms in total. The fourth-order valence-corrected chi connectivity index (χ4v) is 0.385. The summed E-state index contributed by atoms with van der Waals surface area (Å²) in [6.07, 6.45) is 0. The molecule has 0 spiro atoms. The monoisotopic (exact) mass is 420 g/mol. The highest BCUT2D eigenvalue weighted by molar-refractivity contribution is 8.06. The van der Waals surface area contributed by atoms with E-state index in [1.54, 1.807) is 0 Å². The second kappa shape index (κ2) is 13.3. The molecule has 1 rings (SSSR count). The summed E-state index contributed by atoms with van der Waals surface area (Å²) in [5.41, 5.74) is 0. The number of hydrogen-bond acceptors (Lipinski definition) is 3. The molecule has 0 aliphatic heterocycles. The van der Waals surface area contributed by atoms with Crippen LogP contribution in [0, 0.1) is 0 Å². The molecule has 0 saturated heterocycles. The van der Waals surface area contributed by atoms with Crippen LogP contribution >= 0.6 is 20.2 Å². The molecule has 15 heteroatoms. The van der Waals surface area contributed by atoms with E-state index in [4.69, 9.17) is 44.0 Å². The van der Waals surface area contributed by atoms with Crippen LogP contribution in [-0.4, -0.2) is 44.0 Å². The van der Waals surface area contributed by atoms with Gasteiger partial charge in [-0.25, -0.2) is 0 Å². The molecule has 9 N–H and O–H groups in total. The summed E-state index contributed by atoms with van der Waals surface area (Å²) in [4.78, 5) is 68.0. The molecule has 0 fully saturated rings. The third-order valence-electron chi connectivity index (χ3n) is 0.667. The van der Waals surface area contributed by atoms with Crippen LogP contribution in [0.5, 0.6) is 0 Å². The fourth-order valence-electron chi connectivity index (χ4n) is 0.385. The average Bonchev–Trinajstić information content (AvgIpc) is 2.12. The Labute approximate surface area is 136 Å². The van der Waals surface area contributed by atoms with Gasteiger partial charge in [-0.15, -0.1) is 0 Å². The van der Waals surface area contributed by atoms with Gasteiger partial charge >= 0.3 is 20.2 Å². The van der Waals surface area contributed by atoms with E-state index in [0.717, 1.165) is 0 Å². The lowest BCUT2D eigenvalue weighted by atomic mass is 10.4. The zero-order valence-corrected chi connectivity index (χ0v) is 15.2. The predicted octanol–water partition coefficient (Wildman–Crippen LogP) is -0.750. The zero-order valence-electron chi connectivity index (χ0n) is 10.1. The highest BCUT2D eigenvalue weighted by Gasteiger charge is 1.93. The van der Waals surface area contributed by atoms with Crippen LogP contribution in [0.15, 0.2) is 36.4 Å². The maximum absolute atomic E-state index is 7.56. The second-order valence-corrected chi connectivity index (χ2v) is 10.2. The van der Waals surface area contributed by atoms with Crippen molar-refractivity contribution in [2.24, 2.45) is 0 Å². The molecule has 0 aliphatic rings. The van der Waals surface area contributed by atoms with Crippen molar-refractivity contribution in [2.75, 3.05) is 0 Å². The molecule has 1 aromatic carbocycles. The van der Waals surface area contributed by atoms with Crippen LogP contribution in [0.2, 0.25) is 0 Å². The van der Waals surface area contributed by atoms with E-state index in [-0.39, 0.29) is 0 Å². The first kappa shape index (κ1) is 26.7. The number of rotatable bonds is 0. The van der Waals surface area contributed by atoms with Crippen LogP contribution in [0.3, 0.4) is 0 Å². The van der Waals surface area contributed by atoms with Gasteiger partial charge in [0.15, 0.2) is 0 Å². The summed E-state index contributed by atoms with van der Waals surface area (Å²) in [6.45, 7) is -11.4. The summed E-state index contributed by atoms with van der Waals surface area (Å²) >= 11 is 10.8. The molecule has 126 valence electrons. The SMILES string of the molecule is OP(O)(O)=S.OP(O)(O)=S.OP(O)(O)=S.c1ccccc1. The lowest BCUT2D eigenvalue weighted by Gasteiger charge is -1.88. The van der Waals surface area contributed by atoms with Crippen LogP contribution in [0.4, 0.5) is 0 Å². The summed E-state index contributed by atoms with van der Waals surface area (Å²) in [6, 6.07) is 12.0. The Hall–Kier alpha value is 0.810. The third-order valence-corrected chi connectivity index (χ3v) is 0.667. The van der Waals surface area contributed by atoms with Crippen LogP contribution in [0.1, 0.15) is 0 Å². The van der Waals surface area contributed by atoms with Gasteiger partial charge in [0.25, 0.3) is 0 Å². The van der Waals surface area contributed by atoms with Gasteiger partial charge in [0, 0.05) is 0 Å². The summed E-state index contributed by atoms with van der Waals surface area (Å²) in [7, 11) is 0. The van der Waals surface area contributed by atoms with Gasteiger partial charge in [0.05, 0.1) is 0 Å². The van der Waals surface area contributed by atoms with Gasteiger partial charge in [-0.3, -0.25) is 0 Å². The van der Waals surface area contributed by atoms with Gasteiger partial charge in [0.1, 0.15) is 0 Å². The van der Waals surface area contributed by atoms with Crippen molar-refractivity contribution >= 4 is 55.6 Å². The molecule has 0 heterocycles. The first-order chi connectivity index (χ1) is 9.00. The molecule has 0 amide bonds. The molecule has 0 unspecified atom stereocenters. The standard InChI is InChI=1S/C6H6.3H3O3PS/c1-2-4-6-5-3-1;3*1-4(2,3)5/h1-6H;3*(H3,1,2,3,5). The Balaban J connectivity index is -0.000000207. The van der Waals surface area contributed by atoms with Crippen molar-refractivity contribution in [2.45, 2.75) is 0 Å². The molecule has 0 saturated carbocycles. The van der Waals surface area contributed by atoms with Gasteiger partial charge in [-0.2, -0.15) is 0 Å². The Bertz CT molecular complexity index is 382. The van der Waals surface area contributed by atoms with Crippen LogP contribution in [0.25, 0.3) is 0 Å². The van der Waals surface area contributed by atoms with Crippen molar-refractivity contribution < 1.29 is 44.0 Å². The summed E-state index contributed by atoms with van der Waals surface area (Å²) < 4.78 is 0. The van der Waals surface area contributed by atoms with E-state index in [1.807, 2.05) is 36.4 Å². The van der Waals surface area contributed by atoms with E-state index in [0.29, 0.717) is 0 Å². The number of hydrogen-bond donors (Lipinski definition) is 9. The van der Waals surface area contributed by atoms with Crippen molar-refractivity contribution in [1.82, 2.24) is 0 Å². The van der Waals surface area contributed by atoms with E-state index >= 15 is 0 Å². The Morgan fingerprint density at radius 3 is 0.476 bits per heavy atom. The minimum absolute atomic E-state index is 2.00. The Morgan fingerprint density at radius 1 is 0.381 bits per heavy atom. The maximum Gasteiger partial charge on any atom is 0.319 e. The first-order valence-electron chi connectivity index (χ1n) is 4.35. The van der Waals surface area contributed by atoms with E-state index in [1.165, 1.54) is 0 Å². The van der Waals surface area contributed by atoms with Gasteiger partial charge < -0.3 is 44.0 Å². The molecule has 0 bridgehead atoms. The quantitative estimate of drug-likeness (QED) is 0.240. The molecule has 21 heavy (non-hydrogen) atoms. The lowest BCUT2D eigenvalue weighted by molar-refractivity contribution is 0.361. The second-order valence-electron chi connectivity index (χ2n) is 2.69. The average molecular weight is 420 g/mol. The van der Waals surface area contributed by atoms with Crippen molar-refractivity contribution in [3.63, 3.8) is 0 Å². The van der Waals surface area contributed by atoms with Crippen LogP contribution in [-0.2, 0) is 35.4 Å².